The standard InChI is InChI=1S/C7H5FN2/c8-7-6-5(1-3-9-6)2-4-10-7/h1-4,9H. The number of pyridine rings is 1. The summed E-state index contributed by atoms with van der Waals surface area (Å²) in [7, 11) is 0. The van der Waals surface area contributed by atoms with Gasteiger partial charge >= 0.3 is 0 Å². The van der Waals surface area contributed by atoms with Crippen LogP contribution in [0.4, 0.5) is 4.39 Å². The fourth-order valence-electron chi connectivity index (χ4n) is 0.947. The maximum absolute atomic E-state index is 12.7. The van der Waals surface area contributed by atoms with Crippen LogP contribution in [0, 0.1) is 5.95 Å². The molecule has 2 aromatic heterocycles. The molecule has 0 bridgehead atoms. The van der Waals surface area contributed by atoms with Gasteiger partial charge in [-0.3, -0.25) is 0 Å². The first-order valence-electron chi connectivity index (χ1n) is 2.95. The number of halogens is 1. The van der Waals surface area contributed by atoms with Crippen LogP contribution in [0.5, 0.6) is 0 Å². The predicted molar refractivity (Wildman–Crippen MR) is 36.1 cm³/mol. The molecule has 0 atom stereocenters. The van der Waals surface area contributed by atoms with Crippen LogP contribution < -0.4 is 0 Å². The topological polar surface area (TPSA) is 28.7 Å². The zero-order chi connectivity index (χ0) is 6.97. The first-order chi connectivity index (χ1) is 4.88. The van der Waals surface area contributed by atoms with Crippen LogP contribution in [0.2, 0.25) is 0 Å². The lowest BCUT2D eigenvalue weighted by Gasteiger charge is -1.87. The van der Waals surface area contributed by atoms with E-state index in [1.54, 1.807) is 18.3 Å². The van der Waals surface area contributed by atoms with Gasteiger partial charge in [-0.15, -0.1) is 0 Å². The first-order valence-corrected chi connectivity index (χ1v) is 2.95. The van der Waals surface area contributed by atoms with E-state index < -0.39 is 5.95 Å². The maximum atomic E-state index is 12.7. The monoisotopic (exact) mass is 136 g/mol. The van der Waals surface area contributed by atoms with E-state index in [1.165, 1.54) is 6.20 Å². The Hall–Kier alpha value is -1.38. The van der Waals surface area contributed by atoms with E-state index in [1.807, 2.05) is 0 Å². The van der Waals surface area contributed by atoms with Gasteiger partial charge in [0.25, 0.3) is 0 Å². The Morgan fingerprint density at radius 1 is 1.40 bits per heavy atom. The van der Waals surface area contributed by atoms with Gasteiger partial charge in [0, 0.05) is 17.8 Å². The molecule has 0 unspecified atom stereocenters. The van der Waals surface area contributed by atoms with Crippen molar-refractivity contribution in [2.45, 2.75) is 0 Å². The number of nitrogens with zero attached hydrogens (tertiary/aromatic N) is 1. The molecule has 2 heterocycles. The Labute approximate surface area is 56.7 Å². The van der Waals surface area contributed by atoms with E-state index in [9.17, 15) is 4.39 Å². The van der Waals surface area contributed by atoms with Crippen molar-refractivity contribution in [2.24, 2.45) is 0 Å². The van der Waals surface area contributed by atoms with Gasteiger partial charge < -0.3 is 4.98 Å². The molecule has 0 aromatic carbocycles. The molecule has 1 N–H and O–H groups in total. The summed E-state index contributed by atoms with van der Waals surface area (Å²) >= 11 is 0. The van der Waals surface area contributed by atoms with Gasteiger partial charge in [0.2, 0.25) is 5.95 Å². The molecule has 2 rings (SSSR count). The fourth-order valence-corrected chi connectivity index (χ4v) is 0.947. The van der Waals surface area contributed by atoms with Crippen LogP contribution in [0.3, 0.4) is 0 Å². The Balaban J connectivity index is 2.95. The summed E-state index contributed by atoms with van der Waals surface area (Å²) in [4.78, 5) is 6.23. The van der Waals surface area contributed by atoms with Crippen molar-refractivity contribution >= 4 is 10.9 Å². The smallest absolute Gasteiger partial charge is 0.237 e. The van der Waals surface area contributed by atoms with Crippen LogP contribution in [0.25, 0.3) is 10.9 Å². The highest BCUT2D eigenvalue weighted by Gasteiger charge is 1.98. The molecule has 0 radical (unpaired) electrons. The maximum Gasteiger partial charge on any atom is 0.237 e. The molecule has 2 aromatic rings. The number of rotatable bonds is 0. The molecule has 0 fully saturated rings. The van der Waals surface area contributed by atoms with Crippen molar-refractivity contribution in [2.75, 3.05) is 0 Å². The summed E-state index contributed by atoms with van der Waals surface area (Å²) < 4.78 is 12.7. The van der Waals surface area contributed by atoms with Crippen LogP contribution >= 0.6 is 0 Å². The van der Waals surface area contributed by atoms with Crippen molar-refractivity contribution in [1.29, 1.82) is 0 Å². The zero-order valence-corrected chi connectivity index (χ0v) is 5.13. The Morgan fingerprint density at radius 2 is 2.30 bits per heavy atom. The second-order valence-electron chi connectivity index (χ2n) is 2.04. The Morgan fingerprint density at radius 3 is 3.10 bits per heavy atom. The lowest BCUT2D eigenvalue weighted by atomic mass is 10.3. The quantitative estimate of drug-likeness (QED) is 0.548. The number of H-pyrrole nitrogens is 1. The van der Waals surface area contributed by atoms with E-state index in [0.717, 1.165) is 5.39 Å². The molecule has 3 heteroatoms. The summed E-state index contributed by atoms with van der Waals surface area (Å²) in [6, 6.07) is 3.56. The normalized spacial score (nSPS) is 10.5. The average Bonchev–Trinajstić information content (AvgIpc) is 2.36. The van der Waals surface area contributed by atoms with Crippen LogP contribution in [0.15, 0.2) is 24.5 Å². The minimum atomic E-state index is -0.442. The third-order valence-corrected chi connectivity index (χ3v) is 1.43. The lowest BCUT2D eigenvalue weighted by molar-refractivity contribution is 0.594. The van der Waals surface area contributed by atoms with Crippen molar-refractivity contribution < 1.29 is 4.39 Å². The first kappa shape index (κ1) is 5.41. The van der Waals surface area contributed by atoms with E-state index in [2.05, 4.69) is 9.97 Å². The minimum absolute atomic E-state index is 0.442. The highest BCUT2D eigenvalue weighted by molar-refractivity contribution is 5.78. The van der Waals surface area contributed by atoms with E-state index in [0.29, 0.717) is 5.52 Å². The molecule has 0 aliphatic heterocycles. The number of nitrogens with one attached hydrogen (secondary N) is 1. The number of hydrogen-bond donors (Lipinski definition) is 1. The summed E-state index contributed by atoms with van der Waals surface area (Å²) in [6.45, 7) is 0. The van der Waals surface area contributed by atoms with Crippen LogP contribution in [-0.4, -0.2) is 9.97 Å². The minimum Gasteiger partial charge on any atom is -0.357 e. The second-order valence-corrected chi connectivity index (χ2v) is 2.04. The molecule has 0 amide bonds. The van der Waals surface area contributed by atoms with Crippen LogP contribution in [-0.2, 0) is 0 Å². The number of hydrogen-bond acceptors (Lipinski definition) is 1. The van der Waals surface area contributed by atoms with Crippen molar-refractivity contribution in [3.8, 4) is 0 Å². The highest BCUT2D eigenvalue weighted by atomic mass is 19.1. The predicted octanol–water partition coefficient (Wildman–Crippen LogP) is 1.70. The van der Waals surface area contributed by atoms with E-state index >= 15 is 0 Å². The van der Waals surface area contributed by atoms with Gasteiger partial charge in [0.1, 0.15) is 5.52 Å². The zero-order valence-electron chi connectivity index (χ0n) is 5.13. The molecule has 0 aliphatic carbocycles. The number of fused-ring (bicyclic) bond motifs is 1. The fraction of sp³-hybridized carbons (Fsp3) is 0. The molecule has 0 aliphatic rings. The van der Waals surface area contributed by atoms with Gasteiger partial charge in [0.05, 0.1) is 0 Å². The third kappa shape index (κ3) is 0.603. The molecule has 50 valence electrons. The molecule has 0 spiro atoms. The van der Waals surface area contributed by atoms with Crippen molar-refractivity contribution in [3.63, 3.8) is 0 Å². The molecule has 10 heavy (non-hydrogen) atoms. The average molecular weight is 136 g/mol. The van der Waals surface area contributed by atoms with Crippen molar-refractivity contribution in [3.05, 3.63) is 30.5 Å². The van der Waals surface area contributed by atoms with Gasteiger partial charge in [-0.05, 0) is 12.1 Å². The summed E-state index contributed by atoms with van der Waals surface area (Å²) in [5.74, 6) is -0.442. The van der Waals surface area contributed by atoms with Gasteiger partial charge in [-0.2, -0.15) is 4.39 Å². The number of aromatic nitrogens is 2. The lowest BCUT2D eigenvalue weighted by Crippen LogP contribution is -1.81. The van der Waals surface area contributed by atoms with Gasteiger partial charge in [-0.25, -0.2) is 4.98 Å². The largest absolute Gasteiger partial charge is 0.357 e. The van der Waals surface area contributed by atoms with E-state index in [-0.39, 0.29) is 0 Å². The second kappa shape index (κ2) is 1.80. The molecule has 0 saturated heterocycles. The summed E-state index contributed by atoms with van der Waals surface area (Å²) in [5, 5.41) is 0.854. The summed E-state index contributed by atoms with van der Waals surface area (Å²) in [6.07, 6.45) is 3.14. The SMILES string of the molecule is Fc1nccc2cc[nH]c12. The summed E-state index contributed by atoms with van der Waals surface area (Å²) in [5.41, 5.74) is 0.475. The molecule has 2 nitrogen and oxygen atoms in total. The van der Waals surface area contributed by atoms with Crippen LogP contribution in [0.1, 0.15) is 0 Å². The Bertz CT molecular complexity index is 353. The highest BCUT2D eigenvalue weighted by Crippen LogP contribution is 2.11. The molecular weight excluding hydrogens is 131 g/mol. The third-order valence-electron chi connectivity index (χ3n) is 1.43. The Kier molecular flexibility index (Phi) is 0.974. The molecule has 0 saturated carbocycles. The number of aromatic amines is 1. The van der Waals surface area contributed by atoms with Gasteiger partial charge in [0.15, 0.2) is 0 Å². The van der Waals surface area contributed by atoms with Gasteiger partial charge in [-0.1, -0.05) is 0 Å². The van der Waals surface area contributed by atoms with Crippen molar-refractivity contribution in [1.82, 2.24) is 9.97 Å². The molecular formula is C7H5FN2. The van der Waals surface area contributed by atoms with E-state index in [4.69, 9.17) is 0 Å².